The number of benzene rings is 1. The quantitative estimate of drug-likeness (QED) is 0.777. The molecule has 0 aliphatic heterocycles. The molecule has 0 radical (unpaired) electrons. The molecular weight excluding hydrogens is 225 g/mol. The molecule has 1 atom stereocenters. The molecule has 2 rings (SSSR count). The van der Waals surface area contributed by atoms with Crippen LogP contribution >= 0.6 is 0 Å². The Hall–Kier alpha value is -0.890. The summed E-state index contributed by atoms with van der Waals surface area (Å²) in [5, 5.41) is 3.59. The van der Waals surface area contributed by atoms with E-state index in [4.69, 9.17) is 0 Å². The zero-order valence-corrected chi connectivity index (χ0v) is 11.3. The van der Waals surface area contributed by atoms with Gasteiger partial charge in [-0.25, -0.2) is 4.39 Å². The van der Waals surface area contributed by atoms with Gasteiger partial charge in [0.25, 0.3) is 0 Å². The molecule has 1 saturated carbocycles. The molecule has 1 aliphatic rings. The van der Waals surface area contributed by atoms with Crippen molar-refractivity contribution in [3.8, 4) is 0 Å². The maximum absolute atomic E-state index is 12.9. The molecular formula is C16H24FN. The minimum absolute atomic E-state index is 0.158. The van der Waals surface area contributed by atoms with Crippen LogP contribution in [0.1, 0.15) is 57.1 Å². The topological polar surface area (TPSA) is 12.0 Å². The second-order valence-electron chi connectivity index (χ2n) is 5.54. The molecule has 0 spiro atoms. The monoisotopic (exact) mass is 249 g/mol. The third-order valence-corrected chi connectivity index (χ3v) is 4.06. The Morgan fingerprint density at radius 2 is 1.72 bits per heavy atom. The zero-order valence-electron chi connectivity index (χ0n) is 11.3. The largest absolute Gasteiger partial charge is 0.310 e. The van der Waals surface area contributed by atoms with Crippen LogP contribution in [0.3, 0.4) is 0 Å². The summed E-state index contributed by atoms with van der Waals surface area (Å²) in [6.07, 6.45) is 8.31. The minimum atomic E-state index is -0.158. The second kappa shape index (κ2) is 6.89. The molecule has 0 unspecified atom stereocenters. The molecule has 0 saturated heterocycles. The molecule has 1 aromatic carbocycles. The van der Waals surface area contributed by atoms with E-state index in [-0.39, 0.29) is 5.82 Å². The highest BCUT2D eigenvalue weighted by Crippen LogP contribution is 2.23. The van der Waals surface area contributed by atoms with Crippen LogP contribution in [-0.2, 0) is 0 Å². The number of rotatable bonds is 4. The van der Waals surface area contributed by atoms with Crippen LogP contribution in [0.15, 0.2) is 24.3 Å². The van der Waals surface area contributed by atoms with Gasteiger partial charge >= 0.3 is 0 Å². The number of hydrogen-bond donors (Lipinski definition) is 1. The van der Waals surface area contributed by atoms with E-state index in [0.717, 1.165) is 12.5 Å². The summed E-state index contributed by atoms with van der Waals surface area (Å²) < 4.78 is 12.9. The smallest absolute Gasteiger partial charge is 0.123 e. The summed E-state index contributed by atoms with van der Waals surface area (Å²) in [4.78, 5) is 0. The van der Waals surface area contributed by atoms with Gasteiger partial charge in [-0.05, 0) is 49.9 Å². The lowest BCUT2D eigenvalue weighted by Crippen LogP contribution is -2.25. The predicted molar refractivity (Wildman–Crippen MR) is 74.0 cm³/mol. The maximum atomic E-state index is 12.9. The van der Waals surface area contributed by atoms with Gasteiger partial charge in [-0.3, -0.25) is 0 Å². The van der Waals surface area contributed by atoms with Gasteiger partial charge in [-0.2, -0.15) is 0 Å². The standard InChI is InChI=1S/C16H24FN/c1-13(15-8-10-16(17)11-9-15)18-12-14-6-4-2-3-5-7-14/h8-11,13-14,18H,2-7,12H2,1H3/t13-/m1/s1. The molecule has 18 heavy (non-hydrogen) atoms. The third-order valence-electron chi connectivity index (χ3n) is 4.06. The lowest BCUT2D eigenvalue weighted by molar-refractivity contribution is 0.403. The van der Waals surface area contributed by atoms with Crippen molar-refractivity contribution in [3.05, 3.63) is 35.6 Å². The van der Waals surface area contributed by atoms with Crippen LogP contribution in [0.4, 0.5) is 4.39 Å². The van der Waals surface area contributed by atoms with Crippen LogP contribution in [0.5, 0.6) is 0 Å². The first-order valence-corrected chi connectivity index (χ1v) is 7.24. The Labute approximate surface area is 110 Å². The minimum Gasteiger partial charge on any atom is -0.310 e. The lowest BCUT2D eigenvalue weighted by Gasteiger charge is -2.19. The van der Waals surface area contributed by atoms with Crippen molar-refractivity contribution in [2.75, 3.05) is 6.54 Å². The van der Waals surface area contributed by atoms with Crippen LogP contribution in [0, 0.1) is 11.7 Å². The van der Waals surface area contributed by atoms with Gasteiger partial charge < -0.3 is 5.32 Å². The van der Waals surface area contributed by atoms with Gasteiger partial charge in [0.15, 0.2) is 0 Å². The zero-order chi connectivity index (χ0) is 12.8. The Morgan fingerprint density at radius 3 is 2.33 bits per heavy atom. The van der Waals surface area contributed by atoms with Crippen molar-refractivity contribution in [2.24, 2.45) is 5.92 Å². The average molecular weight is 249 g/mol. The molecule has 0 aromatic heterocycles. The van der Waals surface area contributed by atoms with E-state index in [2.05, 4.69) is 12.2 Å². The first kappa shape index (κ1) is 13.5. The first-order valence-electron chi connectivity index (χ1n) is 7.24. The van der Waals surface area contributed by atoms with Crippen LogP contribution in [0.25, 0.3) is 0 Å². The van der Waals surface area contributed by atoms with Crippen molar-refractivity contribution in [1.82, 2.24) is 5.32 Å². The molecule has 1 aliphatic carbocycles. The normalized spacial score (nSPS) is 19.4. The van der Waals surface area contributed by atoms with Crippen molar-refractivity contribution in [2.45, 2.75) is 51.5 Å². The van der Waals surface area contributed by atoms with Crippen molar-refractivity contribution < 1.29 is 4.39 Å². The lowest BCUT2D eigenvalue weighted by atomic mass is 9.99. The van der Waals surface area contributed by atoms with Crippen LogP contribution in [0.2, 0.25) is 0 Å². The molecule has 1 aromatic rings. The summed E-state index contributed by atoms with van der Waals surface area (Å²) in [7, 11) is 0. The molecule has 1 N–H and O–H groups in total. The molecule has 100 valence electrons. The molecule has 1 fully saturated rings. The number of halogens is 1. The highest BCUT2D eigenvalue weighted by atomic mass is 19.1. The molecule has 2 heteroatoms. The summed E-state index contributed by atoms with van der Waals surface area (Å²) in [5.74, 6) is 0.671. The SMILES string of the molecule is C[C@@H](NCC1CCCCCC1)c1ccc(F)cc1. The van der Waals surface area contributed by atoms with Gasteiger partial charge in [0, 0.05) is 6.04 Å². The van der Waals surface area contributed by atoms with E-state index in [0.29, 0.717) is 6.04 Å². The van der Waals surface area contributed by atoms with E-state index >= 15 is 0 Å². The van der Waals surface area contributed by atoms with Gasteiger partial charge in [-0.1, -0.05) is 37.8 Å². The second-order valence-corrected chi connectivity index (χ2v) is 5.54. The van der Waals surface area contributed by atoms with E-state index in [9.17, 15) is 4.39 Å². The van der Waals surface area contributed by atoms with Crippen molar-refractivity contribution in [3.63, 3.8) is 0 Å². The molecule has 0 amide bonds. The Kier molecular flexibility index (Phi) is 5.18. The van der Waals surface area contributed by atoms with Crippen molar-refractivity contribution >= 4 is 0 Å². The first-order chi connectivity index (χ1) is 8.75. The van der Waals surface area contributed by atoms with Gasteiger partial charge in [0.05, 0.1) is 0 Å². The Bertz CT molecular complexity index is 339. The Morgan fingerprint density at radius 1 is 1.11 bits per heavy atom. The number of nitrogens with one attached hydrogen (secondary N) is 1. The average Bonchev–Trinajstić information content (AvgIpc) is 2.65. The summed E-state index contributed by atoms with van der Waals surface area (Å²) in [5.41, 5.74) is 1.17. The fourth-order valence-corrected chi connectivity index (χ4v) is 2.78. The number of hydrogen-bond acceptors (Lipinski definition) is 1. The van der Waals surface area contributed by atoms with E-state index in [1.807, 2.05) is 12.1 Å². The van der Waals surface area contributed by atoms with Gasteiger partial charge in [-0.15, -0.1) is 0 Å². The fourth-order valence-electron chi connectivity index (χ4n) is 2.78. The highest BCUT2D eigenvalue weighted by molar-refractivity contribution is 5.19. The van der Waals surface area contributed by atoms with Crippen molar-refractivity contribution in [1.29, 1.82) is 0 Å². The summed E-state index contributed by atoms with van der Waals surface area (Å²) in [6.45, 7) is 3.25. The highest BCUT2D eigenvalue weighted by Gasteiger charge is 2.13. The van der Waals surface area contributed by atoms with E-state index in [1.54, 1.807) is 12.1 Å². The van der Waals surface area contributed by atoms with Crippen LogP contribution in [-0.4, -0.2) is 6.54 Å². The summed E-state index contributed by atoms with van der Waals surface area (Å²) in [6, 6.07) is 7.15. The Balaban J connectivity index is 1.80. The van der Waals surface area contributed by atoms with E-state index < -0.39 is 0 Å². The molecule has 1 nitrogen and oxygen atoms in total. The van der Waals surface area contributed by atoms with Gasteiger partial charge in [0.2, 0.25) is 0 Å². The maximum Gasteiger partial charge on any atom is 0.123 e. The third kappa shape index (κ3) is 4.09. The van der Waals surface area contributed by atoms with Crippen LogP contribution < -0.4 is 5.32 Å². The van der Waals surface area contributed by atoms with E-state index in [1.165, 1.54) is 44.1 Å². The summed E-state index contributed by atoms with van der Waals surface area (Å²) >= 11 is 0. The fraction of sp³-hybridized carbons (Fsp3) is 0.625. The predicted octanol–water partition coefficient (Wildman–Crippen LogP) is 4.45. The molecule has 0 heterocycles. The molecule has 0 bridgehead atoms. The van der Waals surface area contributed by atoms with Gasteiger partial charge in [0.1, 0.15) is 5.82 Å².